The first-order valence-electron chi connectivity index (χ1n) is 26.4. The topological polar surface area (TPSA) is 172 Å². The first kappa shape index (κ1) is 58.4. The maximum Gasteiger partial charge on any atom is 0.417 e. The van der Waals surface area contributed by atoms with E-state index in [4.69, 9.17) is 19.9 Å². The summed E-state index contributed by atoms with van der Waals surface area (Å²) in [6.07, 6.45) is 25.2. The van der Waals surface area contributed by atoms with Crippen LogP contribution in [0.15, 0.2) is 30.3 Å². The van der Waals surface area contributed by atoms with Crippen LogP contribution >= 0.6 is 0 Å². The van der Waals surface area contributed by atoms with Crippen LogP contribution < -0.4 is 5.73 Å². The Morgan fingerprint density at radius 1 is 0.631 bits per heavy atom. The highest BCUT2D eigenvalue weighted by Gasteiger charge is 2.54. The maximum atomic E-state index is 14.3. The van der Waals surface area contributed by atoms with Gasteiger partial charge >= 0.3 is 12.2 Å². The van der Waals surface area contributed by atoms with Gasteiger partial charge in [0, 0.05) is 6.54 Å². The fourth-order valence-corrected chi connectivity index (χ4v) is 8.89. The Balaban J connectivity index is 2.14. The number of nitrogens with zero attached hydrogens (tertiary/aromatic N) is 2. The SMILES string of the molecule is CCCCCCCCCCCCCCCCCCOC(=O)N(CCCCCCCCCCCCCC)[C@@H]1O[C@H](CO)[C@@H](O)[C@H](O)[C@H]1N(C(=O)OCc1ccccc1)C(=O)[C@@H](N)CC(C)C. The molecule has 1 aliphatic heterocycles. The molecule has 1 saturated heterocycles. The molecule has 1 aromatic carbocycles. The van der Waals surface area contributed by atoms with E-state index in [1.807, 2.05) is 19.9 Å². The lowest BCUT2D eigenvalue weighted by Crippen LogP contribution is -2.71. The number of carbonyl (C=O) groups excluding carboxylic acids is 3. The Hall–Kier alpha value is -2.77. The number of aliphatic hydroxyl groups is 3. The number of carbonyl (C=O) groups is 3. The number of amides is 3. The van der Waals surface area contributed by atoms with Crippen LogP contribution in [0.1, 0.15) is 219 Å². The summed E-state index contributed by atoms with van der Waals surface area (Å²) >= 11 is 0. The average molecular weight is 918 g/mol. The molecule has 1 fully saturated rings. The minimum absolute atomic E-state index is 0.00867. The smallest absolute Gasteiger partial charge is 0.417 e. The summed E-state index contributed by atoms with van der Waals surface area (Å²) in [5, 5.41) is 33.3. The van der Waals surface area contributed by atoms with Crippen LogP contribution in [-0.2, 0) is 25.6 Å². The normalized spacial score (nSPS) is 19.0. The van der Waals surface area contributed by atoms with Gasteiger partial charge in [0.15, 0.2) is 6.23 Å². The number of hydrogen-bond acceptors (Lipinski definition) is 10. The molecule has 5 N–H and O–H groups in total. The fraction of sp³-hybridized carbons (Fsp3) is 0.830. The van der Waals surface area contributed by atoms with E-state index in [1.165, 1.54) is 127 Å². The van der Waals surface area contributed by atoms with Gasteiger partial charge in [0.05, 0.1) is 19.3 Å². The molecule has 65 heavy (non-hydrogen) atoms. The number of nitrogens with two attached hydrogens (primary N) is 1. The number of aliphatic hydroxyl groups excluding tert-OH is 3. The van der Waals surface area contributed by atoms with Crippen molar-refractivity contribution in [2.24, 2.45) is 11.7 Å². The van der Waals surface area contributed by atoms with E-state index in [0.29, 0.717) is 18.4 Å². The van der Waals surface area contributed by atoms with Crippen LogP contribution in [0.4, 0.5) is 9.59 Å². The van der Waals surface area contributed by atoms with Crippen molar-refractivity contribution < 1.29 is 43.9 Å². The van der Waals surface area contributed by atoms with Crippen molar-refractivity contribution in [3.8, 4) is 0 Å². The van der Waals surface area contributed by atoms with Gasteiger partial charge in [-0.15, -0.1) is 0 Å². The fourth-order valence-electron chi connectivity index (χ4n) is 8.89. The van der Waals surface area contributed by atoms with Crippen LogP contribution in [0.25, 0.3) is 0 Å². The molecule has 0 unspecified atom stereocenters. The summed E-state index contributed by atoms with van der Waals surface area (Å²) in [6, 6.07) is 6.18. The van der Waals surface area contributed by atoms with Gasteiger partial charge < -0.3 is 35.3 Å². The summed E-state index contributed by atoms with van der Waals surface area (Å²) in [7, 11) is 0. The molecule has 6 atom stereocenters. The van der Waals surface area contributed by atoms with Gasteiger partial charge in [-0.25, -0.2) is 14.5 Å². The molecule has 1 heterocycles. The molecule has 0 saturated carbocycles. The number of unbranched alkanes of at least 4 members (excludes halogenated alkanes) is 26. The van der Waals surface area contributed by atoms with Crippen LogP contribution in [0.2, 0.25) is 0 Å². The Kier molecular flexibility index (Phi) is 33.4. The molecule has 0 bridgehead atoms. The minimum Gasteiger partial charge on any atom is -0.449 e. The summed E-state index contributed by atoms with van der Waals surface area (Å²) in [6.45, 7) is 7.73. The molecule has 0 aliphatic carbocycles. The molecule has 0 radical (unpaired) electrons. The number of rotatable bonds is 38. The lowest BCUT2D eigenvalue weighted by Gasteiger charge is -2.49. The predicted octanol–water partition coefficient (Wildman–Crippen LogP) is 11.7. The molecule has 12 nitrogen and oxygen atoms in total. The molecule has 2 rings (SSSR count). The van der Waals surface area contributed by atoms with Gasteiger partial charge in [-0.3, -0.25) is 9.69 Å². The van der Waals surface area contributed by atoms with Crippen LogP contribution in [0.3, 0.4) is 0 Å². The highest BCUT2D eigenvalue weighted by molar-refractivity contribution is 5.95. The zero-order valence-corrected chi connectivity index (χ0v) is 41.5. The highest BCUT2D eigenvalue weighted by Crippen LogP contribution is 2.31. The number of hydrogen-bond donors (Lipinski definition) is 4. The second-order valence-electron chi connectivity index (χ2n) is 19.2. The molecule has 3 amide bonds. The van der Waals surface area contributed by atoms with Gasteiger partial charge in [0.25, 0.3) is 0 Å². The Labute approximate surface area is 395 Å². The van der Waals surface area contributed by atoms with Crippen molar-refractivity contribution >= 4 is 18.1 Å². The maximum absolute atomic E-state index is 14.3. The van der Waals surface area contributed by atoms with E-state index in [-0.39, 0.29) is 32.1 Å². The summed E-state index contributed by atoms with van der Waals surface area (Å²) in [5.74, 6) is -0.846. The van der Waals surface area contributed by atoms with E-state index in [0.717, 1.165) is 49.8 Å². The molecule has 1 aliphatic rings. The standard InChI is InChI=1S/C53H95N3O9/c1-5-7-9-11-13-15-17-19-20-21-22-24-26-28-30-35-39-63-52(61)55(38-34-29-27-25-23-18-16-14-12-10-8-6-2)51-47(49(59)48(58)46(41-57)65-51)56(50(60)45(54)40-43(3)4)53(62)64-42-44-36-32-31-33-37-44/h31-33,36-37,43,45-49,51,57-59H,5-30,34-35,38-42,54H2,1-4H3/t45-,46+,47+,48+,49+,51+/m0/s1. The van der Waals surface area contributed by atoms with Crippen LogP contribution in [0.5, 0.6) is 0 Å². The molecule has 376 valence electrons. The Bertz CT molecular complexity index is 1340. The van der Waals surface area contributed by atoms with Crippen molar-refractivity contribution in [3.63, 3.8) is 0 Å². The lowest BCUT2D eigenvalue weighted by atomic mass is 9.93. The minimum atomic E-state index is -1.82. The van der Waals surface area contributed by atoms with Gasteiger partial charge in [0.1, 0.15) is 31.0 Å². The average Bonchev–Trinajstić information content (AvgIpc) is 3.30. The van der Waals surface area contributed by atoms with Crippen molar-refractivity contribution in [2.45, 2.75) is 257 Å². The Morgan fingerprint density at radius 2 is 1.08 bits per heavy atom. The van der Waals surface area contributed by atoms with E-state index >= 15 is 0 Å². The largest absolute Gasteiger partial charge is 0.449 e. The predicted molar refractivity (Wildman–Crippen MR) is 261 cm³/mol. The molecular formula is C53H95N3O9. The van der Waals surface area contributed by atoms with Gasteiger partial charge in [-0.1, -0.05) is 225 Å². The van der Waals surface area contributed by atoms with E-state index < -0.39 is 61.3 Å². The van der Waals surface area contributed by atoms with Crippen molar-refractivity contribution in [1.82, 2.24) is 9.80 Å². The first-order valence-corrected chi connectivity index (χ1v) is 26.4. The van der Waals surface area contributed by atoms with Gasteiger partial charge in [-0.05, 0) is 30.7 Å². The monoisotopic (exact) mass is 918 g/mol. The van der Waals surface area contributed by atoms with Gasteiger partial charge in [-0.2, -0.15) is 0 Å². The molecular weight excluding hydrogens is 823 g/mol. The zero-order valence-electron chi connectivity index (χ0n) is 41.5. The molecule has 0 spiro atoms. The quantitative estimate of drug-likeness (QED) is 0.0468. The number of benzene rings is 1. The molecule has 0 aromatic heterocycles. The molecule has 1 aromatic rings. The third kappa shape index (κ3) is 24.7. The molecule has 12 heteroatoms. The van der Waals surface area contributed by atoms with E-state index in [1.54, 1.807) is 24.3 Å². The van der Waals surface area contributed by atoms with Crippen LogP contribution in [0, 0.1) is 5.92 Å². The third-order valence-electron chi connectivity index (χ3n) is 12.9. The summed E-state index contributed by atoms with van der Waals surface area (Å²) in [5.41, 5.74) is 7.09. The first-order chi connectivity index (χ1) is 31.6. The number of ether oxygens (including phenoxy) is 3. The Morgan fingerprint density at radius 3 is 1.52 bits per heavy atom. The lowest BCUT2D eigenvalue weighted by molar-refractivity contribution is -0.241. The summed E-state index contributed by atoms with van der Waals surface area (Å²) < 4.78 is 17.8. The van der Waals surface area contributed by atoms with Gasteiger partial charge in [0.2, 0.25) is 5.91 Å². The van der Waals surface area contributed by atoms with Crippen molar-refractivity contribution in [1.29, 1.82) is 0 Å². The van der Waals surface area contributed by atoms with Crippen molar-refractivity contribution in [3.05, 3.63) is 35.9 Å². The second-order valence-corrected chi connectivity index (χ2v) is 19.2. The third-order valence-corrected chi connectivity index (χ3v) is 12.9. The second kappa shape index (κ2) is 37.2. The van der Waals surface area contributed by atoms with Crippen LogP contribution in [-0.4, -0.2) is 99.6 Å². The zero-order chi connectivity index (χ0) is 47.5. The highest BCUT2D eigenvalue weighted by atomic mass is 16.6. The van der Waals surface area contributed by atoms with E-state index in [9.17, 15) is 29.7 Å². The number of imide groups is 1. The van der Waals surface area contributed by atoms with Crippen molar-refractivity contribution in [2.75, 3.05) is 19.8 Å². The summed E-state index contributed by atoms with van der Waals surface area (Å²) in [4.78, 5) is 44.6. The van der Waals surface area contributed by atoms with E-state index in [2.05, 4.69) is 13.8 Å².